The predicted octanol–water partition coefficient (Wildman–Crippen LogP) is 3.70. The largest absolute Gasteiger partial charge is 0.368 e. The van der Waals surface area contributed by atoms with Gasteiger partial charge in [0, 0.05) is 60.5 Å². The molecule has 1 fully saturated rings. The number of H-pyrrole nitrogens is 1. The molecule has 2 N–H and O–H groups in total. The van der Waals surface area contributed by atoms with Gasteiger partial charge in [0.2, 0.25) is 10.0 Å². The average Bonchev–Trinajstić information content (AvgIpc) is 3.23. The minimum atomic E-state index is -3.50. The lowest BCUT2D eigenvalue weighted by atomic mass is 10.1. The summed E-state index contributed by atoms with van der Waals surface area (Å²) in [6.45, 7) is 5.48. The van der Waals surface area contributed by atoms with E-state index in [0.717, 1.165) is 45.6 Å². The number of aromatic nitrogens is 1. The van der Waals surface area contributed by atoms with E-state index in [1.165, 1.54) is 22.7 Å². The van der Waals surface area contributed by atoms with Crippen LogP contribution < -0.4 is 9.62 Å². The first kappa shape index (κ1) is 21.2. The second kappa shape index (κ2) is 9.39. The van der Waals surface area contributed by atoms with E-state index in [1.807, 2.05) is 6.20 Å². The van der Waals surface area contributed by atoms with Crippen molar-refractivity contribution >= 4 is 38.2 Å². The highest BCUT2D eigenvalue weighted by Crippen LogP contribution is 2.27. The normalized spacial score (nSPS) is 15.7. The summed E-state index contributed by atoms with van der Waals surface area (Å²) in [5, 5.41) is 1.70. The Kier molecular flexibility index (Phi) is 6.63. The maximum Gasteiger partial charge on any atom is 0.240 e. The number of aromatic amines is 1. The van der Waals surface area contributed by atoms with E-state index >= 15 is 0 Å². The molecular weight excluding hydrogens is 420 g/mol. The Labute approximate surface area is 182 Å². The summed E-state index contributed by atoms with van der Waals surface area (Å²) in [5.74, 6) is 0. The highest BCUT2D eigenvalue weighted by Gasteiger charge is 2.19. The molecule has 3 aromatic rings. The molecule has 0 amide bonds. The third-order valence-corrected chi connectivity index (χ3v) is 7.28. The Bertz CT molecular complexity index is 1090. The average molecular weight is 447 g/mol. The molecule has 1 aliphatic heterocycles. The van der Waals surface area contributed by atoms with Crippen LogP contribution in [0, 0.1) is 0 Å². The van der Waals surface area contributed by atoms with E-state index in [-0.39, 0.29) is 4.90 Å². The van der Waals surface area contributed by atoms with E-state index in [4.69, 9.17) is 11.6 Å². The Hall–Kier alpha value is -2.06. The van der Waals surface area contributed by atoms with Gasteiger partial charge in [0.1, 0.15) is 0 Å². The first-order chi connectivity index (χ1) is 14.5. The van der Waals surface area contributed by atoms with E-state index < -0.39 is 10.0 Å². The number of unbranched alkanes of at least 4 members (excludes halogenated alkanes) is 1. The molecule has 0 saturated carbocycles. The number of fused-ring (bicyclic) bond motifs is 1. The van der Waals surface area contributed by atoms with E-state index in [0.29, 0.717) is 11.6 Å². The van der Waals surface area contributed by atoms with Crippen molar-refractivity contribution in [1.82, 2.24) is 14.6 Å². The minimum absolute atomic E-state index is 0.212. The number of benzene rings is 2. The van der Waals surface area contributed by atoms with Crippen LogP contribution in [0.25, 0.3) is 10.9 Å². The molecular formula is C22H27ClN4O2S. The maximum absolute atomic E-state index is 12.3. The van der Waals surface area contributed by atoms with Crippen LogP contribution in [-0.2, 0) is 10.0 Å². The summed E-state index contributed by atoms with van der Waals surface area (Å²) in [5.41, 5.74) is 2.47. The second-order valence-corrected chi connectivity index (χ2v) is 9.81. The van der Waals surface area contributed by atoms with Gasteiger partial charge in [-0.05, 0) is 55.8 Å². The number of anilines is 1. The molecule has 0 atom stereocenters. The summed E-state index contributed by atoms with van der Waals surface area (Å²) in [6, 6.07) is 14.9. The molecule has 4 rings (SSSR count). The molecule has 1 saturated heterocycles. The van der Waals surface area contributed by atoms with Gasteiger partial charge in [-0.25, -0.2) is 13.1 Å². The number of hydrogen-bond donors (Lipinski definition) is 2. The summed E-state index contributed by atoms with van der Waals surface area (Å²) in [4.78, 5) is 8.40. The topological polar surface area (TPSA) is 68.4 Å². The van der Waals surface area contributed by atoms with Crippen molar-refractivity contribution in [3.63, 3.8) is 0 Å². The zero-order valence-corrected chi connectivity index (χ0v) is 18.4. The smallest absolute Gasteiger partial charge is 0.240 e. The molecule has 0 bridgehead atoms. The first-order valence-electron chi connectivity index (χ1n) is 10.3. The van der Waals surface area contributed by atoms with Crippen LogP contribution in [0.5, 0.6) is 0 Å². The van der Waals surface area contributed by atoms with Gasteiger partial charge in [0.05, 0.1) is 4.90 Å². The molecule has 2 heterocycles. The first-order valence-corrected chi connectivity index (χ1v) is 12.2. The quantitative estimate of drug-likeness (QED) is 0.518. The van der Waals surface area contributed by atoms with Crippen molar-refractivity contribution in [3.05, 3.63) is 59.8 Å². The SMILES string of the molecule is O=S(=O)(NCCCCN1CCN(c2cccc3[nH]ccc23)CC1)c1cccc(Cl)c1. The number of nitrogens with one attached hydrogen (secondary N) is 2. The predicted molar refractivity (Wildman–Crippen MR) is 123 cm³/mol. The molecule has 8 heteroatoms. The van der Waals surface area contributed by atoms with Crippen molar-refractivity contribution in [3.8, 4) is 0 Å². The van der Waals surface area contributed by atoms with E-state index in [9.17, 15) is 8.42 Å². The van der Waals surface area contributed by atoms with Crippen LogP contribution in [0.15, 0.2) is 59.6 Å². The Morgan fingerprint density at radius 2 is 1.80 bits per heavy atom. The van der Waals surface area contributed by atoms with Crippen molar-refractivity contribution in [2.75, 3.05) is 44.2 Å². The molecule has 0 unspecified atom stereocenters. The highest BCUT2D eigenvalue weighted by atomic mass is 35.5. The molecule has 1 aromatic heterocycles. The molecule has 30 heavy (non-hydrogen) atoms. The van der Waals surface area contributed by atoms with Crippen molar-refractivity contribution < 1.29 is 8.42 Å². The third kappa shape index (κ3) is 4.98. The lowest BCUT2D eigenvalue weighted by molar-refractivity contribution is 0.253. The summed E-state index contributed by atoms with van der Waals surface area (Å²) >= 11 is 5.89. The van der Waals surface area contributed by atoms with Crippen LogP contribution in [0.4, 0.5) is 5.69 Å². The zero-order chi connectivity index (χ0) is 21.0. The molecule has 2 aromatic carbocycles. The van der Waals surface area contributed by atoms with Gasteiger partial charge < -0.3 is 9.88 Å². The Morgan fingerprint density at radius 1 is 1.00 bits per heavy atom. The number of sulfonamides is 1. The minimum Gasteiger partial charge on any atom is -0.368 e. The number of nitrogens with zero attached hydrogens (tertiary/aromatic N) is 2. The molecule has 6 nitrogen and oxygen atoms in total. The number of halogens is 1. The van der Waals surface area contributed by atoms with Crippen LogP contribution in [0.2, 0.25) is 5.02 Å². The summed E-state index contributed by atoms with van der Waals surface area (Å²) in [7, 11) is -3.50. The Morgan fingerprint density at radius 3 is 2.60 bits per heavy atom. The lowest BCUT2D eigenvalue weighted by Crippen LogP contribution is -2.46. The van der Waals surface area contributed by atoms with Gasteiger partial charge in [0.25, 0.3) is 0 Å². The van der Waals surface area contributed by atoms with Gasteiger partial charge in [-0.3, -0.25) is 4.90 Å². The second-order valence-electron chi connectivity index (χ2n) is 7.61. The van der Waals surface area contributed by atoms with Gasteiger partial charge >= 0.3 is 0 Å². The van der Waals surface area contributed by atoms with E-state index in [1.54, 1.807) is 18.2 Å². The van der Waals surface area contributed by atoms with Crippen LogP contribution in [0.1, 0.15) is 12.8 Å². The van der Waals surface area contributed by atoms with E-state index in [2.05, 4.69) is 43.8 Å². The summed E-state index contributed by atoms with van der Waals surface area (Å²) in [6.07, 6.45) is 3.76. The molecule has 160 valence electrons. The van der Waals surface area contributed by atoms with Crippen LogP contribution in [0.3, 0.4) is 0 Å². The number of piperazine rings is 1. The van der Waals surface area contributed by atoms with Crippen LogP contribution in [-0.4, -0.2) is 57.6 Å². The fraction of sp³-hybridized carbons (Fsp3) is 0.364. The number of hydrogen-bond acceptors (Lipinski definition) is 4. The van der Waals surface area contributed by atoms with Gasteiger partial charge in [-0.1, -0.05) is 23.7 Å². The molecule has 0 aliphatic carbocycles. The van der Waals surface area contributed by atoms with Crippen molar-refractivity contribution in [1.29, 1.82) is 0 Å². The van der Waals surface area contributed by atoms with Gasteiger partial charge in [0.15, 0.2) is 0 Å². The Balaban J connectivity index is 1.19. The monoisotopic (exact) mass is 446 g/mol. The van der Waals surface area contributed by atoms with Crippen molar-refractivity contribution in [2.45, 2.75) is 17.7 Å². The standard InChI is InChI=1S/C22H27ClN4O2S/c23-18-5-3-6-19(17-18)30(28,29)25-10-1-2-12-26-13-15-27(16-14-26)22-8-4-7-21-20(22)9-11-24-21/h3-9,11,17,24-25H,1-2,10,12-16H2. The molecule has 0 radical (unpaired) electrons. The fourth-order valence-corrected chi connectivity index (χ4v) is 5.32. The fourth-order valence-electron chi connectivity index (χ4n) is 3.94. The summed E-state index contributed by atoms with van der Waals surface area (Å²) < 4.78 is 27.3. The molecule has 1 aliphatic rings. The third-order valence-electron chi connectivity index (χ3n) is 5.58. The highest BCUT2D eigenvalue weighted by molar-refractivity contribution is 7.89. The maximum atomic E-state index is 12.3. The lowest BCUT2D eigenvalue weighted by Gasteiger charge is -2.36. The van der Waals surface area contributed by atoms with Gasteiger partial charge in [-0.15, -0.1) is 0 Å². The number of rotatable bonds is 8. The van der Waals surface area contributed by atoms with Gasteiger partial charge in [-0.2, -0.15) is 0 Å². The molecule has 0 spiro atoms. The van der Waals surface area contributed by atoms with Crippen LogP contribution >= 0.6 is 11.6 Å². The van der Waals surface area contributed by atoms with Crippen molar-refractivity contribution in [2.24, 2.45) is 0 Å². The zero-order valence-electron chi connectivity index (χ0n) is 16.9.